The Kier molecular flexibility index (Phi) is 20.7. The van der Waals surface area contributed by atoms with E-state index in [1.165, 1.54) is 89.2 Å². The monoisotopic (exact) mass is 1160 g/mol. The van der Waals surface area contributed by atoms with Gasteiger partial charge in [-0.2, -0.15) is 0 Å². The number of nitrogens with zero attached hydrogens (tertiary/aromatic N) is 6. The minimum absolute atomic E-state index is 0.0359. The molecule has 20 heteroatoms. The number of pyridine rings is 3. The molecule has 1 saturated heterocycles. The number of hydrogen-bond acceptors (Lipinski definition) is 16. The normalized spacial score (nSPS) is 14.6. The average molecular weight is 1160 g/mol. The SMILES string of the molecule is COc1ccc(-c2cc(=O)n3cc(F)ccc3n2)cc1OC.COc1ccc(-c2cc(=O)n3cc(OC4CCCCC4)ccc3n2)cc1OC.COc1ccc(-c2cc(=O)n3cc(OC4CCNCC4)ccc3n2)cc1OC.OC1CCCCC1. The highest BCUT2D eigenvalue weighted by molar-refractivity contribution is 5.68. The van der Waals surface area contributed by atoms with Gasteiger partial charge < -0.3 is 48.3 Å². The van der Waals surface area contributed by atoms with E-state index in [4.69, 9.17) is 43.0 Å². The van der Waals surface area contributed by atoms with Crippen molar-refractivity contribution in [3.05, 3.63) is 165 Å². The van der Waals surface area contributed by atoms with Crippen molar-refractivity contribution in [2.45, 2.75) is 95.4 Å². The van der Waals surface area contributed by atoms with Crippen LogP contribution in [-0.2, 0) is 0 Å². The van der Waals surface area contributed by atoms with Crippen LogP contribution in [0.2, 0.25) is 0 Å². The van der Waals surface area contributed by atoms with Crippen LogP contribution < -0.4 is 59.9 Å². The molecule has 0 unspecified atom stereocenters. The Bertz CT molecular complexity index is 3740. The van der Waals surface area contributed by atoms with Crippen LogP contribution in [0.15, 0.2) is 142 Å². The highest BCUT2D eigenvalue weighted by Crippen LogP contribution is 2.34. The van der Waals surface area contributed by atoms with Crippen molar-refractivity contribution < 1.29 is 47.4 Å². The van der Waals surface area contributed by atoms with Crippen LogP contribution in [0.3, 0.4) is 0 Å². The first-order valence-corrected chi connectivity index (χ1v) is 28.5. The number of aliphatic hydroxyl groups excluding tert-OH is 1. The largest absolute Gasteiger partial charge is 0.493 e. The number of nitrogens with one attached hydrogen (secondary N) is 1. The van der Waals surface area contributed by atoms with E-state index in [2.05, 4.69) is 20.3 Å². The van der Waals surface area contributed by atoms with Crippen LogP contribution in [0.4, 0.5) is 4.39 Å². The summed E-state index contributed by atoms with van der Waals surface area (Å²) in [6, 6.07) is 30.7. The second-order valence-electron chi connectivity index (χ2n) is 20.6. The third-order valence-corrected chi connectivity index (χ3v) is 14.9. The fourth-order valence-electron chi connectivity index (χ4n) is 10.4. The molecule has 446 valence electrons. The lowest BCUT2D eigenvalue weighted by Gasteiger charge is -2.23. The second kappa shape index (κ2) is 29.0. The molecule has 3 aromatic carbocycles. The van der Waals surface area contributed by atoms with Gasteiger partial charge in [0.05, 0.1) is 84.3 Å². The molecule has 0 atom stereocenters. The van der Waals surface area contributed by atoms with Crippen LogP contribution in [0.25, 0.3) is 50.7 Å². The maximum absolute atomic E-state index is 13.2. The van der Waals surface area contributed by atoms with Crippen LogP contribution >= 0.6 is 0 Å². The maximum atomic E-state index is 13.2. The fourth-order valence-corrected chi connectivity index (χ4v) is 10.4. The number of halogens is 1. The molecule has 7 heterocycles. The van der Waals surface area contributed by atoms with E-state index in [9.17, 15) is 18.8 Å². The number of hydrogen-bond donors (Lipinski definition) is 2. The van der Waals surface area contributed by atoms with Crippen molar-refractivity contribution in [3.63, 3.8) is 0 Å². The quantitative estimate of drug-likeness (QED) is 0.110. The predicted octanol–water partition coefficient (Wildman–Crippen LogP) is 10.4. The van der Waals surface area contributed by atoms with Gasteiger partial charge in [0.1, 0.15) is 40.4 Å². The van der Waals surface area contributed by atoms with Gasteiger partial charge in [0.15, 0.2) is 34.5 Å². The van der Waals surface area contributed by atoms with Gasteiger partial charge in [-0.25, -0.2) is 19.3 Å². The number of fused-ring (bicyclic) bond motifs is 3. The van der Waals surface area contributed by atoms with Gasteiger partial charge in [0, 0.05) is 41.1 Å². The van der Waals surface area contributed by atoms with Crippen molar-refractivity contribution in [2.75, 3.05) is 55.7 Å². The molecule has 3 aliphatic rings. The number of benzene rings is 3. The Morgan fingerprint density at radius 3 is 1.14 bits per heavy atom. The zero-order valence-corrected chi connectivity index (χ0v) is 48.8. The Balaban J connectivity index is 0.000000145. The summed E-state index contributed by atoms with van der Waals surface area (Å²) in [4.78, 5) is 51.1. The van der Waals surface area contributed by atoms with Crippen LogP contribution in [0.5, 0.6) is 46.0 Å². The summed E-state index contributed by atoms with van der Waals surface area (Å²) >= 11 is 0. The van der Waals surface area contributed by atoms with E-state index in [0.29, 0.717) is 85.6 Å². The minimum Gasteiger partial charge on any atom is -0.493 e. The fraction of sp³-hybridized carbons (Fsp3) is 0.354. The van der Waals surface area contributed by atoms with Crippen molar-refractivity contribution in [2.24, 2.45) is 0 Å². The molecule has 2 aliphatic carbocycles. The van der Waals surface area contributed by atoms with E-state index in [0.717, 1.165) is 68.9 Å². The van der Waals surface area contributed by atoms with Crippen molar-refractivity contribution in [1.82, 2.24) is 33.5 Å². The molecular formula is C65H72FN7O12. The van der Waals surface area contributed by atoms with Crippen LogP contribution in [0.1, 0.15) is 77.0 Å². The van der Waals surface area contributed by atoms with E-state index in [1.54, 1.807) is 78.3 Å². The van der Waals surface area contributed by atoms with Gasteiger partial charge in [0.2, 0.25) is 0 Å². The van der Waals surface area contributed by atoms with Crippen molar-refractivity contribution in [1.29, 1.82) is 0 Å². The molecule has 85 heavy (non-hydrogen) atoms. The first-order chi connectivity index (χ1) is 41.4. The standard InChI is InChI=1S/C22H24N2O4.C21H23N3O4.C16H13FN2O3.C6H12O/c1-26-19-10-8-15(12-20(19)27-2)18-13-22(25)24-14-17(9-11-21(24)23-18)28-16-6-4-3-5-7-16;1-26-18-5-3-14(11-19(18)27-2)17-12-21(25)24-13-16(4-6-20(24)23-17)28-15-7-9-22-10-8-15;1-21-13-5-3-10(7-14(13)22-2)12-8-16(20)19-9-11(17)4-6-15(19)18-12;7-6-4-2-1-3-5-6/h8-14,16H,3-7H2,1-2H3;3-6,11-13,15,22H,7-10H2,1-2H3;3-9H,1-2H3;6-7H,1-5H2. The van der Waals surface area contributed by atoms with Gasteiger partial charge in [0.25, 0.3) is 16.7 Å². The summed E-state index contributed by atoms with van der Waals surface area (Å²) in [5.41, 5.74) is 4.79. The first-order valence-electron chi connectivity index (χ1n) is 28.5. The van der Waals surface area contributed by atoms with Gasteiger partial charge >= 0.3 is 0 Å². The number of rotatable bonds is 13. The number of aliphatic hydroxyl groups is 1. The molecule has 0 bridgehead atoms. The average Bonchev–Trinajstić information content (AvgIpc) is 3.65. The highest BCUT2D eigenvalue weighted by Gasteiger charge is 2.19. The zero-order chi connectivity index (χ0) is 59.8. The van der Waals surface area contributed by atoms with Gasteiger partial charge in [-0.1, -0.05) is 25.7 Å². The van der Waals surface area contributed by atoms with Gasteiger partial charge in [-0.05, 0) is 155 Å². The lowest BCUT2D eigenvalue weighted by atomic mass is 9.98. The number of methoxy groups -OCH3 is 6. The molecule has 0 radical (unpaired) electrons. The van der Waals surface area contributed by atoms with Crippen LogP contribution in [0, 0.1) is 5.82 Å². The van der Waals surface area contributed by atoms with Gasteiger partial charge in [-0.15, -0.1) is 0 Å². The molecule has 0 amide bonds. The lowest BCUT2D eigenvalue weighted by Crippen LogP contribution is -2.34. The minimum atomic E-state index is -0.490. The Morgan fingerprint density at radius 2 is 0.776 bits per heavy atom. The summed E-state index contributed by atoms with van der Waals surface area (Å²) in [5.74, 6) is 4.48. The van der Waals surface area contributed by atoms with E-state index >= 15 is 0 Å². The Labute approximate surface area is 491 Å². The number of ether oxygens (including phenoxy) is 8. The molecule has 9 aromatic rings. The van der Waals surface area contributed by atoms with E-state index in [1.807, 2.05) is 48.5 Å². The Hall–Kier alpha value is -9.01. The first kappa shape index (κ1) is 60.6. The smallest absolute Gasteiger partial charge is 0.258 e. The lowest BCUT2D eigenvalue weighted by molar-refractivity contribution is 0.130. The van der Waals surface area contributed by atoms with Crippen molar-refractivity contribution in [3.8, 4) is 79.8 Å². The van der Waals surface area contributed by atoms with Crippen molar-refractivity contribution >= 4 is 16.9 Å². The van der Waals surface area contributed by atoms with E-state index in [-0.39, 0.29) is 35.0 Å². The molecule has 19 nitrogen and oxygen atoms in total. The molecule has 2 N–H and O–H groups in total. The maximum Gasteiger partial charge on any atom is 0.258 e. The summed E-state index contributed by atoms with van der Waals surface area (Å²) < 4.78 is 61.2. The molecule has 0 spiro atoms. The summed E-state index contributed by atoms with van der Waals surface area (Å²) in [5, 5.41) is 12.2. The molecule has 12 rings (SSSR count). The number of aromatic nitrogens is 6. The summed E-state index contributed by atoms with van der Waals surface area (Å²) in [6.45, 7) is 1.91. The summed E-state index contributed by atoms with van der Waals surface area (Å²) in [6.07, 6.45) is 18.6. The molecule has 6 aromatic heterocycles. The van der Waals surface area contributed by atoms with Crippen LogP contribution in [-0.4, -0.2) is 107 Å². The molecule has 3 fully saturated rings. The second-order valence-corrected chi connectivity index (χ2v) is 20.6. The zero-order valence-electron chi connectivity index (χ0n) is 48.8. The van der Waals surface area contributed by atoms with Gasteiger partial charge in [-0.3, -0.25) is 27.6 Å². The molecular weight excluding hydrogens is 1090 g/mol. The highest BCUT2D eigenvalue weighted by atomic mass is 19.1. The number of piperidine rings is 1. The Morgan fingerprint density at radius 1 is 0.424 bits per heavy atom. The summed E-state index contributed by atoms with van der Waals surface area (Å²) in [7, 11) is 9.42. The topological polar surface area (TPSA) is 209 Å². The third kappa shape index (κ3) is 15.4. The van der Waals surface area contributed by atoms with E-state index < -0.39 is 5.82 Å². The molecule has 1 aliphatic heterocycles. The predicted molar refractivity (Wildman–Crippen MR) is 323 cm³/mol. The molecule has 2 saturated carbocycles. The third-order valence-electron chi connectivity index (χ3n) is 14.9.